The lowest BCUT2D eigenvalue weighted by Gasteiger charge is -2.11. The van der Waals surface area contributed by atoms with E-state index in [4.69, 9.17) is 38.6 Å². The molecule has 4 aromatic carbocycles. The molecule has 0 spiro atoms. The lowest BCUT2D eigenvalue weighted by atomic mass is 10.0. The Morgan fingerprint density at radius 3 is 1.15 bits per heavy atom. The SMILES string of the molecule is CCCCCCOc1ccc(C(=N)OC(=N)c2cc(-c3nnc(-c4ccc(OCCCCCC)cc4)o3)cc(-c3nnc(-c4ccc(OCCCCCC)cc4)o3)c2)cc1. The molecule has 0 aliphatic rings. The number of ether oxygens (including phenoxy) is 4. The molecule has 6 rings (SSSR count). The van der Waals surface area contributed by atoms with Crippen molar-refractivity contribution in [2.45, 2.75) is 97.8 Å². The van der Waals surface area contributed by atoms with Gasteiger partial charge >= 0.3 is 0 Å². The maximum atomic E-state index is 8.95. The van der Waals surface area contributed by atoms with E-state index in [1.165, 1.54) is 38.5 Å². The third-order valence-corrected chi connectivity index (χ3v) is 9.86. The molecule has 0 amide bonds. The van der Waals surface area contributed by atoms with Crippen LogP contribution < -0.4 is 14.2 Å². The summed E-state index contributed by atoms with van der Waals surface area (Å²) in [5, 5.41) is 35.0. The predicted molar refractivity (Wildman–Crippen MR) is 234 cm³/mol. The van der Waals surface area contributed by atoms with Crippen molar-refractivity contribution in [1.82, 2.24) is 20.4 Å². The van der Waals surface area contributed by atoms with E-state index in [1.54, 1.807) is 42.5 Å². The Labute approximate surface area is 352 Å². The van der Waals surface area contributed by atoms with Gasteiger partial charge in [0.25, 0.3) is 0 Å². The first kappa shape index (κ1) is 43.3. The van der Waals surface area contributed by atoms with Crippen molar-refractivity contribution < 1.29 is 27.8 Å². The van der Waals surface area contributed by atoms with Crippen molar-refractivity contribution in [1.29, 1.82) is 10.8 Å². The van der Waals surface area contributed by atoms with Gasteiger partial charge in [-0.15, -0.1) is 20.4 Å². The maximum Gasteiger partial charge on any atom is 0.248 e. The van der Waals surface area contributed by atoms with Gasteiger partial charge in [-0.25, -0.2) is 0 Å². The van der Waals surface area contributed by atoms with Gasteiger partial charge in [0.15, 0.2) is 0 Å². The van der Waals surface area contributed by atoms with Crippen LogP contribution in [0, 0.1) is 10.8 Å². The van der Waals surface area contributed by atoms with Crippen molar-refractivity contribution in [2.24, 2.45) is 0 Å². The Morgan fingerprint density at radius 1 is 0.417 bits per heavy atom. The zero-order valence-corrected chi connectivity index (χ0v) is 35.0. The van der Waals surface area contributed by atoms with Crippen LogP contribution in [0.3, 0.4) is 0 Å². The number of rotatable bonds is 24. The Hall–Kier alpha value is -6.30. The Kier molecular flexibility index (Phi) is 16.4. The quantitative estimate of drug-likeness (QED) is 0.0341. The number of aromatic nitrogens is 4. The average molecular weight is 813 g/mol. The minimum absolute atomic E-state index is 0.191. The molecule has 2 heterocycles. The molecule has 0 bridgehead atoms. The molecule has 60 heavy (non-hydrogen) atoms. The van der Waals surface area contributed by atoms with E-state index >= 15 is 0 Å². The third-order valence-electron chi connectivity index (χ3n) is 9.86. The molecule has 12 heteroatoms. The number of nitrogens with one attached hydrogen (secondary N) is 2. The van der Waals surface area contributed by atoms with E-state index < -0.39 is 0 Å². The van der Waals surface area contributed by atoms with Gasteiger partial charge in [0.1, 0.15) is 17.2 Å². The number of nitrogens with zero attached hydrogens (tertiary/aromatic N) is 4. The molecule has 6 aromatic rings. The first-order valence-corrected chi connectivity index (χ1v) is 21.3. The minimum Gasteiger partial charge on any atom is -0.494 e. The fourth-order valence-electron chi connectivity index (χ4n) is 6.39. The molecular formula is C48H56N6O6. The van der Waals surface area contributed by atoms with Gasteiger partial charge in [0, 0.05) is 33.4 Å². The standard InChI is InChI=1S/C48H56N6O6/c1-4-7-10-13-28-55-40-22-16-34(17-23-40)43(49)58-44(50)37-31-38(47-53-51-45(59-47)35-18-24-41(25-19-35)56-29-14-11-8-5-2)33-39(32-37)48-54-52-46(60-48)36-20-26-42(27-21-36)57-30-15-12-9-6-3/h16-27,31-33,49-50H,4-15,28-30H2,1-3H3. The fraction of sp³-hybridized carbons (Fsp3) is 0.375. The molecule has 0 aliphatic carbocycles. The Morgan fingerprint density at radius 2 is 0.767 bits per heavy atom. The number of hydrogen-bond donors (Lipinski definition) is 2. The van der Waals surface area contributed by atoms with Gasteiger partial charge < -0.3 is 27.8 Å². The Balaban J connectivity index is 1.20. The first-order chi connectivity index (χ1) is 29.4. The summed E-state index contributed by atoms with van der Waals surface area (Å²) >= 11 is 0. The van der Waals surface area contributed by atoms with Gasteiger partial charge in [0.05, 0.1) is 19.8 Å². The maximum absolute atomic E-state index is 8.95. The van der Waals surface area contributed by atoms with Gasteiger partial charge in [0.2, 0.25) is 35.4 Å². The third kappa shape index (κ3) is 12.6. The van der Waals surface area contributed by atoms with Crippen LogP contribution >= 0.6 is 0 Å². The fourth-order valence-corrected chi connectivity index (χ4v) is 6.39. The highest BCUT2D eigenvalue weighted by atomic mass is 16.5. The predicted octanol–water partition coefficient (Wildman–Crippen LogP) is 12.4. The zero-order valence-electron chi connectivity index (χ0n) is 35.0. The molecule has 12 nitrogen and oxygen atoms in total. The van der Waals surface area contributed by atoms with E-state index in [0.29, 0.717) is 53.9 Å². The lowest BCUT2D eigenvalue weighted by Crippen LogP contribution is -2.13. The van der Waals surface area contributed by atoms with E-state index in [9.17, 15) is 0 Å². The summed E-state index contributed by atoms with van der Waals surface area (Å²) in [5.74, 6) is 2.88. The van der Waals surface area contributed by atoms with E-state index in [1.807, 2.05) is 48.5 Å². The molecule has 2 aromatic heterocycles. The van der Waals surface area contributed by atoms with Crippen molar-refractivity contribution in [3.8, 4) is 63.1 Å². The number of hydrogen-bond acceptors (Lipinski definition) is 12. The smallest absolute Gasteiger partial charge is 0.248 e. The monoisotopic (exact) mass is 812 g/mol. The summed E-state index contributed by atoms with van der Waals surface area (Å²) in [6, 6.07) is 27.4. The van der Waals surface area contributed by atoms with Crippen molar-refractivity contribution in [3.63, 3.8) is 0 Å². The summed E-state index contributed by atoms with van der Waals surface area (Å²) in [6.07, 6.45) is 13.6. The molecule has 0 saturated heterocycles. The largest absolute Gasteiger partial charge is 0.494 e. The summed E-state index contributed by atoms with van der Waals surface area (Å²) in [6.45, 7) is 8.54. The van der Waals surface area contributed by atoms with Crippen LogP contribution in [0.15, 0.2) is 99.8 Å². The Bertz CT molecular complexity index is 2120. The summed E-state index contributed by atoms with van der Waals surface area (Å²) in [4.78, 5) is 0. The van der Waals surface area contributed by atoms with E-state index in [2.05, 4.69) is 41.2 Å². The molecule has 314 valence electrons. The van der Waals surface area contributed by atoms with Crippen molar-refractivity contribution in [2.75, 3.05) is 19.8 Å². The van der Waals surface area contributed by atoms with Crippen LogP contribution in [0.1, 0.15) is 109 Å². The van der Waals surface area contributed by atoms with Crippen LogP contribution in [0.2, 0.25) is 0 Å². The topological polar surface area (TPSA) is 162 Å². The molecule has 0 saturated carbocycles. The van der Waals surface area contributed by atoms with Gasteiger partial charge in [-0.05, 0) is 110 Å². The van der Waals surface area contributed by atoms with Crippen molar-refractivity contribution >= 4 is 11.8 Å². The molecule has 0 aliphatic heterocycles. The second-order valence-corrected chi connectivity index (χ2v) is 14.7. The molecule has 0 radical (unpaired) electrons. The highest BCUT2D eigenvalue weighted by Gasteiger charge is 2.20. The normalized spacial score (nSPS) is 11.1. The van der Waals surface area contributed by atoms with Gasteiger partial charge in [-0.1, -0.05) is 78.6 Å². The summed E-state index contributed by atoms with van der Waals surface area (Å²) in [5.41, 5.74) is 3.28. The first-order valence-electron chi connectivity index (χ1n) is 21.3. The molecule has 0 fully saturated rings. The van der Waals surface area contributed by atoms with Crippen LogP contribution in [0.25, 0.3) is 45.8 Å². The molecule has 2 N–H and O–H groups in total. The summed E-state index contributed by atoms with van der Waals surface area (Å²) < 4.78 is 35.8. The second-order valence-electron chi connectivity index (χ2n) is 14.7. The van der Waals surface area contributed by atoms with Crippen LogP contribution in [0.4, 0.5) is 0 Å². The molecular weight excluding hydrogens is 757 g/mol. The van der Waals surface area contributed by atoms with Gasteiger partial charge in [-0.3, -0.25) is 10.8 Å². The highest BCUT2D eigenvalue weighted by Crippen LogP contribution is 2.32. The van der Waals surface area contributed by atoms with E-state index in [-0.39, 0.29) is 23.6 Å². The van der Waals surface area contributed by atoms with Crippen LogP contribution in [-0.2, 0) is 4.74 Å². The lowest BCUT2D eigenvalue weighted by molar-refractivity contribution is 0.305. The number of unbranched alkanes of at least 4 members (excludes halogenated alkanes) is 9. The highest BCUT2D eigenvalue weighted by molar-refractivity contribution is 6.05. The average Bonchev–Trinajstić information content (AvgIpc) is 3.99. The second kappa shape index (κ2) is 22.7. The zero-order chi connectivity index (χ0) is 41.9. The van der Waals surface area contributed by atoms with Gasteiger partial charge in [-0.2, -0.15) is 0 Å². The number of benzene rings is 4. The summed E-state index contributed by atoms with van der Waals surface area (Å²) in [7, 11) is 0. The molecule has 0 unspecified atom stereocenters. The van der Waals surface area contributed by atoms with Crippen LogP contribution in [0.5, 0.6) is 17.2 Å². The van der Waals surface area contributed by atoms with E-state index in [0.717, 1.165) is 66.9 Å². The van der Waals surface area contributed by atoms with Crippen molar-refractivity contribution in [3.05, 3.63) is 102 Å². The van der Waals surface area contributed by atoms with Crippen LogP contribution in [-0.4, -0.2) is 52.0 Å². The minimum atomic E-state index is -0.269. The molecule has 0 atom stereocenters.